The molecular weight excluding hydrogens is 295 g/mol. The maximum Gasteiger partial charge on any atom is 0.250 e. The third kappa shape index (κ3) is 3.44. The number of carbonyl (C=O) groups excluding carboxylic acids is 1. The van der Waals surface area contributed by atoms with Gasteiger partial charge in [0.05, 0.1) is 10.6 Å². The van der Waals surface area contributed by atoms with E-state index in [4.69, 9.17) is 28.9 Å². The van der Waals surface area contributed by atoms with E-state index in [0.717, 1.165) is 11.3 Å². The van der Waals surface area contributed by atoms with Crippen LogP contribution in [0.15, 0.2) is 42.5 Å². The van der Waals surface area contributed by atoms with Crippen LogP contribution in [0.1, 0.15) is 28.9 Å². The summed E-state index contributed by atoms with van der Waals surface area (Å²) in [5.41, 5.74) is 7.40. The number of amides is 1. The standard InChI is InChI=1S/C15H14Cl2N2O/c1-9(10-3-2-4-11(16)7-10)19-12-5-6-13(15(18)20)14(17)8-12/h2-9,19H,1H3,(H2,18,20). The molecule has 0 aromatic heterocycles. The number of rotatable bonds is 4. The second kappa shape index (κ2) is 6.16. The molecule has 0 saturated heterocycles. The van der Waals surface area contributed by atoms with Gasteiger partial charge in [-0.3, -0.25) is 4.79 Å². The second-order valence-corrected chi connectivity index (χ2v) is 5.32. The minimum Gasteiger partial charge on any atom is -0.378 e. The first-order valence-corrected chi connectivity index (χ1v) is 6.84. The van der Waals surface area contributed by atoms with E-state index >= 15 is 0 Å². The lowest BCUT2D eigenvalue weighted by atomic mass is 10.1. The zero-order valence-corrected chi connectivity index (χ0v) is 12.4. The minimum absolute atomic E-state index is 0.0594. The highest BCUT2D eigenvalue weighted by molar-refractivity contribution is 6.34. The SMILES string of the molecule is CC(Nc1ccc(C(N)=O)c(Cl)c1)c1cccc(Cl)c1. The summed E-state index contributed by atoms with van der Waals surface area (Å²) in [7, 11) is 0. The monoisotopic (exact) mass is 308 g/mol. The molecule has 5 heteroatoms. The molecule has 3 nitrogen and oxygen atoms in total. The molecule has 0 radical (unpaired) electrons. The van der Waals surface area contributed by atoms with Gasteiger partial charge >= 0.3 is 0 Å². The van der Waals surface area contributed by atoms with Crippen molar-refractivity contribution in [1.82, 2.24) is 0 Å². The van der Waals surface area contributed by atoms with Gasteiger partial charge in [-0.1, -0.05) is 35.3 Å². The Morgan fingerprint density at radius 2 is 1.95 bits per heavy atom. The Labute approximate surface area is 127 Å². The Morgan fingerprint density at radius 1 is 1.20 bits per heavy atom. The largest absolute Gasteiger partial charge is 0.378 e. The van der Waals surface area contributed by atoms with E-state index < -0.39 is 5.91 Å². The van der Waals surface area contributed by atoms with Gasteiger partial charge in [-0.25, -0.2) is 0 Å². The van der Waals surface area contributed by atoms with Gasteiger partial charge in [0.15, 0.2) is 0 Å². The summed E-state index contributed by atoms with van der Waals surface area (Å²) in [5.74, 6) is -0.538. The van der Waals surface area contributed by atoms with Crippen LogP contribution in [0.25, 0.3) is 0 Å². The number of anilines is 1. The lowest BCUT2D eigenvalue weighted by Crippen LogP contribution is -2.12. The van der Waals surface area contributed by atoms with Gasteiger partial charge in [0.25, 0.3) is 0 Å². The Bertz CT molecular complexity index is 644. The average Bonchev–Trinajstić information content (AvgIpc) is 2.38. The maximum atomic E-state index is 11.1. The van der Waals surface area contributed by atoms with E-state index in [1.165, 1.54) is 0 Å². The summed E-state index contributed by atoms with van der Waals surface area (Å²) in [6.45, 7) is 2.02. The van der Waals surface area contributed by atoms with Crippen molar-refractivity contribution in [3.8, 4) is 0 Å². The van der Waals surface area contributed by atoms with Crippen LogP contribution in [0, 0.1) is 0 Å². The summed E-state index contributed by atoms with van der Waals surface area (Å²) in [6.07, 6.45) is 0. The number of halogens is 2. The van der Waals surface area contributed by atoms with Crippen molar-refractivity contribution in [1.29, 1.82) is 0 Å². The molecule has 0 saturated carbocycles. The molecule has 1 amide bonds. The number of carbonyl (C=O) groups is 1. The first kappa shape index (κ1) is 14.7. The van der Waals surface area contributed by atoms with Gasteiger partial charge < -0.3 is 11.1 Å². The third-order valence-electron chi connectivity index (χ3n) is 2.97. The molecule has 1 atom stereocenters. The normalized spacial score (nSPS) is 11.9. The van der Waals surface area contributed by atoms with Crippen LogP contribution in [0.2, 0.25) is 10.0 Å². The zero-order chi connectivity index (χ0) is 14.7. The van der Waals surface area contributed by atoms with Crippen molar-refractivity contribution < 1.29 is 4.79 Å². The van der Waals surface area contributed by atoms with E-state index in [1.807, 2.05) is 31.2 Å². The Morgan fingerprint density at radius 3 is 2.55 bits per heavy atom. The molecule has 2 aromatic carbocycles. The van der Waals surface area contributed by atoms with E-state index in [2.05, 4.69) is 5.32 Å². The van der Waals surface area contributed by atoms with Gasteiger partial charge in [0.1, 0.15) is 0 Å². The van der Waals surface area contributed by atoms with Gasteiger partial charge in [-0.05, 0) is 42.8 Å². The van der Waals surface area contributed by atoms with Gasteiger partial charge in [-0.15, -0.1) is 0 Å². The molecule has 0 heterocycles. The predicted molar refractivity (Wildman–Crippen MR) is 83.5 cm³/mol. The molecule has 3 N–H and O–H groups in total. The van der Waals surface area contributed by atoms with Crippen LogP contribution >= 0.6 is 23.2 Å². The van der Waals surface area contributed by atoms with Gasteiger partial charge in [-0.2, -0.15) is 0 Å². The fourth-order valence-corrected chi connectivity index (χ4v) is 2.39. The molecule has 0 fully saturated rings. The second-order valence-electron chi connectivity index (χ2n) is 4.48. The summed E-state index contributed by atoms with van der Waals surface area (Å²) >= 11 is 12.0. The Kier molecular flexibility index (Phi) is 4.53. The summed E-state index contributed by atoms with van der Waals surface area (Å²) in [5, 5.41) is 4.32. The number of nitrogens with one attached hydrogen (secondary N) is 1. The summed E-state index contributed by atoms with van der Waals surface area (Å²) < 4.78 is 0. The third-order valence-corrected chi connectivity index (χ3v) is 3.51. The van der Waals surface area contributed by atoms with E-state index in [9.17, 15) is 4.79 Å². The minimum atomic E-state index is -0.538. The molecule has 20 heavy (non-hydrogen) atoms. The Hall–Kier alpha value is -1.71. The average molecular weight is 309 g/mol. The molecule has 0 aliphatic rings. The van der Waals surface area contributed by atoms with E-state index in [1.54, 1.807) is 18.2 Å². The number of hydrogen-bond donors (Lipinski definition) is 2. The molecule has 0 aliphatic heterocycles. The number of benzene rings is 2. The van der Waals surface area contributed by atoms with Crippen LogP contribution in [-0.2, 0) is 0 Å². The fraction of sp³-hybridized carbons (Fsp3) is 0.133. The fourth-order valence-electron chi connectivity index (χ4n) is 1.91. The first-order chi connectivity index (χ1) is 9.47. The van der Waals surface area contributed by atoms with E-state index in [0.29, 0.717) is 15.6 Å². The molecule has 0 bridgehead atoms. The van der Waals surface area contributed by atoms with E-state index in [-0.39, 0.29) is 6.04 Å². The smallest absolute Gasteiger partial charge is 0.250 e. The van der Waals surface area contributed by atoms with Crippen molar-refractivity contribution in [2.24, 2.45) is 5.73 Å². The van der Waals surface area contributed by atoms with Crippen molar-refractivity contribution >= 4 is 34.8 Å². The summed E-state index contributed by atoms with van der Waals surface area (Å²) in [6, 6.07) is 12.7. The quantitative estimate of drug-likeness (QED) is 0.886. The zero-order valence-electron chi connectivity index (χ0n) is 10.9. The highest BCUT2D eigenvalue weighted by Crippen LogP contribution is 2.25. The lowest BCUT2D eigenvalue weighted by Gasteiger charge is -2.16. The van der Waals surface area contributed by atoms with Crippen molar-refractivity contribution in [3.63, 3.8) is 0 Å². The highest BCUT2D eigenvalue weighted by Gasteiger charge is 2.09. The summed E-state index contributed by atoms with van der Waals surface area (Å²) in [4.78, 5) is 11.1. The Balaban J connectivity index is 2.18. The van der Waals surface area contributed by atoms with Crippen LogP contribution < -0.4 is 11.1 Å². The van der Waals surface area contributed by atoms with Crippen molar-refractivity contribution in [2.45, 2.75) is 13.0 Å². The lowest BCUT2D eigenvalue weighted by molar-refractivity contribution is 0.100. The van der Waals surface area contributed by atoms with Gasteiger partial charge in [0.2, 0.25) is 5.91 Å². The molecule has 2 rings (SSSR count). The number of nitrogens with two attached hydrogens (primary N) is 1. The first-order valence-electron chi connectivity index (χ1n) is 6.08. The molecular formula is C15H14Cl2N2O. The molecule has 1 unspecified atom stereocenters. The molecule has 2 aromatic rings. The molecule has 104 valence electrons. The van der Waals surface area contributed by atoms with Crippen LogP contribution in [0.3, 0.4) is 0 Å². The van der Waals surface area contributed by atoms with Crippen LogP contribution in [0.5, 0.6) is 0 Å². The highest BCUT2D eigenvalue weighted by atomic mass is 35.5. The van der Waals surface area contributed by atoms with Crippen LogP contribution in [0.4, 0.5) is 5.69 Å². The number of hydrogen-bond acceptors (Lipinski definition) is 2. The number of primary amides is 1. The van der Waals surface area contributed by atoms with Gasteiger partial charge in [0, 0.05) is 16.8 Å². The van der Waals surface area contributed by atoms with Crippen LogP contribution in [-0.4, -0.2) is 5.91 Å². The maximum absolute atomic E-state index is 11.1. The van der Waals surface area contributed by atoms with Crippen molar-refractivity contribution in [2.75, 3.05) is 5.32 Å². The molecule has 0 spiro atoms. The topological polar surface area (TPSA) is 55.1 Å². The van der Waals surface area contributed by atoms with Crippen molar-refractivity contribution in [3.05, 3.63) is 63.6 Å². The predicted octanol–water partition coefficient (Wildman–Crippen LogP) is 4.27. The molecule has 0 aliphatic carbocycles.